The van der Waals surface area contributed by atoms with Crippen LogP contribution in [0.25, 0.3) is 0 Å². The molecule has 0 saturated heterocycles. The van der Waals surface area contributed by atoms with E-state index in [0.29, 0.717) is 18.6 Å². The maximum absolute atomic E-state index is 11.6. The highest BCUT2D eigenvalue weighted by Gasteiger charge is 2.31. The first-order valence-corrected chi connectivity index (χ1v) is 11.8. The fraction of sp³-hybridized carbons (Fsp3) is 0.714. The SMILES string of the molecule is CC1CCC(Oc2ccc(NCCCCCNS(=O)(=O)C(C)C)cc2)C1C. The Hall–Kier alpha value is -1.27. The lowest BCUT2D eigenvalue weighted by Crippen LogP contribution is -2.31. The van der Waals surface area contributed by atoms with Gasteiger partial charge < -0.3 is 10.1 Å². The van der Waals surface area contributed by atoms with Gasteiger partial charge >= 0.3 is 0 Å². The molecule has 6 heteroatoms. The summed E-state index contributed by atoms with van der Waals surface area (Å²) in [6.45, 7) is 9.38. The van der Waals surface area contributed by atoms with Crippen molar-refractivity contribution in [2.45, 2.75) is 71.2 Å². The third-order valence-electron chi connectivity index (χ3n) is 5.64. The molecule has 1 aliphatic rings. The molecule has 1 saturated carbocycles. The molecule has 3 unspecified atom stereocenters. The zero-order chi connectivity index (χ0) is 19.9. The Kier molecular flexibility index (Phi) is 8.42. The first kappa shape index (κ1) is 22.0. The number of nitrogens with one attached hydrogen (secondary N) is 2. The molecule has 0 aromatic heterocycles. The lowest BCUT2D eigenvalue weighted by atomic mass is 9.99. The van der Waals surface area contributed by atoms with Crippen molar-refractivity contribution in [1.82, 2.24) is 4.72 Å². The molecule has 2 rings (SSSR count). The second-order valence-corrected chi connectivity index (χ2v) is 10.4. The van der Waals surface area contributed by atoms with E-state index in [1.54, 1.807) is 13.8 Å². The summed E-state index contributed by atoms with van der Waals surface area (Å²) in [4.78, 5) is 0. The second kappa shape index (κ2) is 10.3. The number of benzene rings is 1. The molecular weight excluding hydrogens is 360 g/mol. The van der Waals surface area contributed by atoms with Crippen molar-refractivity contribution in [2.24, 2.45) is 11.8 Å². The van der Waals surface area contributed by atoms with Crippen molar-refractivity contribution < 1.29 is 13.2 Å². The Morgan fingerprint density at radius 3 is 2.30 bits per heavy atom. The first-order chi connectivity index (χ1) is 12.8. The number of anilines is 1. The summed E-state index contributed by atoms with van der Waals surface area (Å²) >= 11 is 0. The molecule has 0 amide bonds. The number of hydrogen-bond acceptors (Lipinski definition) is 4. The summed E-state index contributed by atoms with van der Waals surface area (Å²) in [7, 11) is -3.13. The van der Waals surface area contributed by atoms with Gasteiger partial charge in [-0.25, -0.2) is 13.1 Å². The Morgan fingerprint density at radius 2 is 1.70 bits per heavy atom. The average Bonchev–Trinajstić information content (AvgIpc) is 2.94. The van der Waals surface area contributed by atoms with Gasteiger partial charge in [0.25, 0.3) is 0 Å². The Balaban J connectivity index is 1.60. The molecule has 0 heterocycles. The molecule has 27 heavy (non-hydrogen) atoms. The lowest BCUT2D eigenvalue weighted by Gasteiger charge is -2.20. The molecule has 1 aromatic carbocycles. The number of hydrogen-bond donors (Lipinski definition) is 2. The van der Waals surface area contributed by atoms with Crippen LogP contribution >= 0.6 is 0 Å². The summed E-state index contributed by atoms with van der Waals surface area (Å²) in [5, 5.41) is 3.04. The highest BCUT2D eigenvalue weighted by atomic mass is 32.2. The van der Waals surface area contributed by atoms with Crippen LogP contribution in [0.15, 0.2) is 24.3 Å². The van der Waals surface area contributed by atoms with Crippen LogP contribution in [0.2, 0.25) is 0 Å². The van der Waals surface area contributed by atoms with Gasteiger partial charge in [-0.2, -0.15) is 0 Å². The molecular formula is C21H36N2O3S. The minimum Gasteiger partial charge on any atom is -0.490 e. The summed E-state index contributed by atoms with van der Waals surface area (Å²) in [6, 6.07) is 8.21. The van der Waals surface area contributed by atoms with Gasteiger partial charge in [0, 0.05) is 18.8 Å². The highest BCUT2D eigenvalue weighted by Crippen LogP contribution is 2.34. The molecule has 0 spiro atoms. The number of sulfonamides is 1. The molecule has 1 fully saturated rings. The Bertz CT molecular complexity index is 659. The third kappa shape index (κ3) is 7.00. The van der Waals surface area contributed by atoms with E-state index >= 15 is 0 Å². The standard InChI is InChI=1S/C21H36N2O3S/c1-16(2)27(24,25)23-15-7-5-6-14-22-19-9-11-20(12-10-19)26-21-13-8-17(3)18(21)4/h9-12,16-18,21-23H,5-8,13-15H2,1-4H3. The number of unbranched alkanes of at least 4 members (excludes halogenated alkanes) is 2. The van der Waals surface area contributed by atoms with E-state index in [1.807, 2.05) is 12.1 Å². The van der Waals surface area contributed by atoms with Gasteiger partial charge in [-0.15, -0.1) is 0 Å². The van der Waals surface area contributed by atoms with E-state index in [9.17, 15) is 8.42 Å². The van der Waals surface area contributed by atoms with Gasteiger partial charge in [-0.05, 0) is 75.6 Å². The monoisotopic (exact) mass is 396 g/mol. The third-order valence-corrected chi connectivity index (χ3v) is 7.49. The molecule has 3 atom stereocenters. The van der Waals surface area contributed by atoms with E-state index < -0.39 is 10.0 Å². The van der Waals surface area contributed by atoms with Crippen molar-refractivity contribution in [3.63, 3.8) is 0 Å². The van der Waals surface area contributed by atoms with Crippen LogP contribution in [0.4, 0.5) is 5.69 Å². The Morgan fingerprint density at radius 1 is 1.04 bits per heavy atom. The average molecular weight is 397 g/mol. The molecule has 0 aliphatic heterocycles. The second-order valence-electron chi connectivity index (χ2n) is 8.07. The maximum Gasteiger partial charge on any atom is 0.213 e. The summed E-state index contributed by atoms with van der Waals surface area (Å²) in [5.74, 6) is 2.31. The van der Waals surface area contributed by atoms with Crippen LogP contribution < -0.4 is 14.8 Å². The van der Waals surface area contributed by atoms with E-state index in [4.69, 9.17) is 4.74 Å². The predicted molar refractivity (Wildman–Crippen MR) is 113 cm³/mol. The van der Waals surface area contributed by atoms with Crippen molar-refractivity contribution >= 4 is 15.7 Å². The van der Waals surface area contributed by atoms with Crippen molar-refractivity contribution in [3.05, 3.63) is 24.3 Å². The van der Waals surface area contributed by atoms with Gasteiger partial charge in [0.15, 0.2) is 0 Å². The minimum absolute atomic E-state index is 0.340. The number of rotatable bonds is 11. The van der Waals surface area contributed by atoms with Crippen LogP contribution in [0.5, 0.6) is 5.75 Å². The summed E-state index contributed by atoms with van der Waals surface area (Å²) < 4.78 is 32.1. The Labute approximate surface area is 165 Å². The minimum atomic E-state index is -3.13. The van der Waals surface area contributed by atoms with Crippen molar-refractivity contribution in [1.29, 1.82) is 0 Å². The molecule has 2 N–H and O–H groups in total. The van der Waals surface area contributed by atoms with Crippen LogP contribution in [-0.2, 0) is 10.0 Å². The van der Waals surface area contributed by atoms with Crippen LogP contribution in [0.3, 0.4) is 0 Å². The predicted octanol–water partition coefficient (Wildman–Crippen LogP) is 4.41. The fourth-order valence-electron chi connectivity index (χ4n) is 3.35. The smallest absolute Gasteiger partial charge is 0.213 e. The fourth-order valence-corrected chi connectivity index (χ4v) is 4.11. The van der Waals surface area contributed by atoms with E-state index in [2.05, 4.69) is 36.0 Å². The lowest BCUT2D eigenvalue weighted by molar-refractivity contribution is 0.155. The largest absolute Gasteiger partial charge is 0.490 e. The normalized spacial score (nSPS) is 22.9. The van der Waals surface area contributed by atoms with Gasteiger partial charge in [-0.1, -0.05) is 20.3 Å². The number of ether oxygens (including phenoxy) is 1. The van der Waals surface area contributed by atoms with Crippen LogP contribution in [0.1, 0.15) is 59.8 Å². The van der Waals surface area contributed by atoms with Gasteiger partial charge in [0.2, 0.25) is 10.0 Å². The van der Waals surface area contributed by atoms with Crippen molar-refractivity contribution in [2.75, 3.05) is 18.4 Å². The zero-order valence-corrected chi connectivity index (χ0v) is 18.0. The first-order valence-electron chi connectivity index (χ1n) is 10.3. The molecule has 1 aliphatic carbocycles. The van der Waals surface area contributed by atoms with E-state index in [1.165, 1.54) is 6.42 Å². The molecule has 154 valence electrons. The molecule has 5 nitrogen and oxygen atoms in total. The topological polar surface area (TPSA) is 67.4 Å². The van der Waals surface area contributed by atoms with Gasteiger partial charge in [0.05, 0.1) is 5.25 Å². The maximum atomic E-state index is 11.6. The van der Waals surface area contributed by atoms with Crippen LogP contribution in [-0.4, -0.2) is 32.9 Å². The van der Waals surface area contributed by atoms with Crippen molar-refractivity contribution in [3.8, 4) is 5.75 Å². The van der Waals surface area contributed by atoms with Gasteiger partial charge in [-0.3, -0.25) is 0 Å². The highest BCUT2D eigenvalue weighted by molar-refractivity contribution is 7.90. The molecule has 1 aromatic rings. The summed E-state index contributed by atoms with van der Waals surface area (Å²) in [6.07, 6.45) is 5.61. The molecule has 0 bridgehead atoms. The van der Waals surface area contributed by atoms with E-state index in [0.717, 1.165) is 49.6 Å². The quantitative estimate of drug-likeness (QED) is 0.544. The van der Waals surface area contributed by atoms with Gasteiger partial charge in [0.1, 0.15) is 11.9 Å². The molecule has 0 radical (unpaired) electrons. The van der Waals surface area contributed by atoms with Crippen LogP contribution in [0, 0.1) is 11.8 Å². The zero-order valence-electron chi connectivity index (χ0n) is 17.2. The van der Waals surface area contributed by atoms with E-state index in [-0.39, 0.29) is 5.25 Å². The summed E-state index contributed by atoms with van der Waals surface area (Å²) in [5.41, 5.74) is 1.09.